The summed E-state index contributed by atoms with van der Waals surface area (Å²) in [6, 6.07) is -0.261. The first-order valence-electron chi connectivity index (χ1n) is 9.44. The number of fused-ring (bicyclic) bond motifs is 3. The molecule has 1 N–H and O–H groups in total. The summed E-state index contributed by atoms with van der Waals surface area (Å²) < 4.78 is 12.7. The van der Waals surface area contributed by atoms with Crippen LogP contribution in [0.1, 0.15) is 49.9 Å². The van der Waals surface area contributed by atoms with E-state index in [-0.39, 0.29) is 23.8 Å². The quantitative estimate of drug-likeness (QED) is 0.758. The summed E-state index contributed by atoms with van der Waals surface area (Å²) in [5.74, 6) is 1.61. The van der Waals surface area contributed by atoms with E-state index >= 15 is 0 Å². The van der Waals surface area contributed by atoms with Gasteiger partial charge >= 0.3 is 0 Å². The van der Waals surface area contributed by atoms with E-state index in [9.17, 15) is 4.79 Å². The second-order valence-corrected chi connectivity index (χ2v) is 7.56. The van der Waals surface area contributed by atoms with Gasteiger partial charge in [0.2, 0.25) is 11.6 Å². The van der Waals surface area contributed by atoms with Gasteiger partial charge in [-0.25, -0.2) is 14.5 Å². The number of rotatable bonds is 4. The van der Waals surface area contributed by atoms with Crippen LogP contribution < -0.4 is 5.32 Å². The molecule has 0 radical (unpaired) electrons. The first kappa shape index (κ1) is 17.9. The Bertz CT molecular complexity index is 984. The van der Waals surface area contributed by atoms with Gasteiger partial charge in [0.25, 0.3) is 0 Å². The minimum absolute atomic E-state index is 0.0100. The predicted molar refractivity (Wildman–Crippen MR) is 99.3 cm³/mol. The van der Waals surface area contributed by atoms with E-state index in [1.54, 1.807) is 10.8 Å². The summed E-state index contributed by atoms with van der Waals surface area (Å²) in [6.45, 7) is 9.29. The van der Waals surface area contributed by atoms with Gasteiger partial charge < -0.3 is 14.5 Å². The number of ether oxygens (including phenoxy) is 1. The fourth-order valence-corrected chi connectivity index (χ4v) is 3.55. The lowest BCUT2D eigenvalue weighted by Crippen LogP contribution is -2.38. The highest BCUT2D eigenvalue weighted by Crippen LogP contribution is 2.28. The van der Waals surface area contributed by atoms with Gasteiger partial charge in [-0.3, -0.25) is 4.79 Å². The molecule has 0 bridgehead atoms. The van der Waals surface area contributed by atoms with Crippen LogP contribution in [0.3, 0.4) is 0 Å². The van der Waals surface area contributed by atoms with E-state index in [4.69, 9.17) is 14.1 Å². The van der Waals surface area contributed by atoms with Crippen molar-refractivity contribution in [2.75, 3.05) is 13.2 Å². The number of furan rings is 1. The van der Waals surface area contributed by atoms with Crippen molar-refractivity contribution in [2.24, 2.45) is 11.8 Å². The van der Waals surface area contributed by atoms with E-state index in [1.807, 2.05) is 13.8 Å². The average Bonchev–Trinajstić information content (AvgIpc) is 3.20. The van der Waals surface area contributed by atoms with Crippen molar-refractivity contribution in [1.29, 1.82) is 0 Å². The van der Waals surface area contributed by atoms with E-state index in [0.717, 1.165) is 29.6 Å². The lowest BCUT2D eigenvalue weighted by atomic mass is 9.97. The molecule has 0 aromatic carbocycles. The number of amides is 1. The van der Waals surface area contributed by atoms with E-state index in [2.05, 4.69) is 29.2 Å². The molecule has 8 heteroatoms. The Morgan fingerprint density at radius 3 is 2.74 bits per heavy atom. The molecule has 3 aromatic rings. The van der Waals surface area contributed by atoms with E-state index in [1.165, 1.54) is 0 Å². The minimum atomic E-state index is -0.261. The molecule has 8 nitrogen and oxygen atoms in total. The van der Waals surface area contributed by atoms with Crippen molar-refractivity contribution < 1.29 is 13.9 Å². The normalized spacial score (nSPS) is 17.1. The van der Waals surface area contributed by atoms with Crippen LogP contribution in [0.2, 0.25) is 0 Å². The lowest BCUT2D eigenvalue weighted by molar-refractivity contribution is -0.129. The molecule has 0 saturated carbocycles. The maximum Gasteiger partial charge on any atom is 0.231 e. The molecule has 3 aromatic heterocycles. The molecule has 1 aliphatic heterocycles. The van der Waals surface area contributed by atoms with E-state index in [0.29, 0.717) is 30.4 Å². The van der Waals surface area contributed by atoms with Gasteiger partial charge in [0.05, 0.1) is 11.4 Å². The van der Waals surface area contributed by atoms with Gasteiger partial charge in [0.1, 0.15) is 12.1 Å². The average molecular weight is 371 g/mol. The van der Waals surface area contributed by atoms with Gasteiger partial charge in [-0.15, -0.1) is 5.10 Å². The lowest BCUT2D eigenvalue weighted by Gasteiger charge is -2.25. The highest BCUT2D eigenvalue weighted by atomic mass is 16.5. The van der Waals surface area contributed by atoms with Crippen LogP contribution in [0.15, 0.2) is 10.7 Å². The van der Waals surface area contributed by atoms with Crippen LogP contribution in [0, 0.1) is 25.7 Å². The van der Waals surface area contributed by atoms with E-state index < -0.39 is 0 Å². The Kier molecular flexibility index (Phi) is 4.59. The second kappa shape index (κ2) is 6.92. The highest BCUT2D eigenvalue weighted by Gasteiger charge is 2.28. The van der Waals surface area contributed by atoms with Crippen molar-refractivity contribution >= 4 is 22.7 Å². The van der Waals surface area contributed by atoms with Crippen molar-refractivity contribution in [1.82, 2.24) is 24.9 Å². The van der Waals surface area contributed by atoms with Crippen LogP contribution in [0.25, 0.3) is 16.7 Å². The molecule has 1 aliphatic rings. The molecule has 4 heterocycles. The molecule has 0 aliphatic carbocycles. The van der Waals surface area contributed by atoms with Crippen LogP contribution >= 0.6 is 0 Å². The Balaban J connectivity index is 1.69. The van der Waals surface area contributed by atoms with Crippen LogP contribution in [-0.4, -0.2) is 38.7 Å². The third kappa shape index (κ3) is 3.18. The number of nitrogens with zero attached hydrogens (tertiary/aromatic N) is 4. The molecule has 27 heavy (non-hydrogen) atoms. The number of carbonyl (C=O) groups excluding carboxylic acids is 1. The number of hydrogen-bond acceptors (Lipinski definition) is 6. The standard InChI is InChI=1S/C19H25N5O3/c1-10(2)15(21-18(25)13-5-7-26-8-6-13)16-22-17-14-11(3)12(4)27-19(14)20-9-24(17)23-16/h9-10,13,15H,5-8H2,1-4H3,(H,21,25)/t15-/m1/s1. The predicted octanol–water partition coefficient (Wildman–Crippen LogP) is 2.73. The van der Waals surface area contributed by atoms with Crippen LogP contribution in [0.5, 0.6) is 0 Å². The topological polar surface area (TPSA) is 94.6 Å². The summed E-state index contributed by atoms with van der Waals surface area (Å²) in [4.78, 5) is 21.8. The fraction of sp³-hybridized carbons (Fsp3) is 0.579. The van der Waals surface area contributed by atoms with Gasteiger partial charge in [-0.1, -0.05) is 13.8 Å². The van der Waals surface area contributed by atoms with Crippen molar-refractivity contribution in [3.63, 3.8) is 0 Å². The number of aryl methyl sites for hydroxylation is 2. The third-order valence-electron chi connectivity index (χ3n) is 5.36. The molecule has 144 valence electrons. The first-order valence-corrected chi connectivity index (χ1v) is 9.44. The molecule has 0 unspecified atom stereocenters. The maximum absolute atomic E-state index is 12.7. The number of aromatic nitrogens is 4. The first-order chi connectivity index (χ1) is 13.0. The molecule has 1 amide bonds. The minimum Gasteiger partial charge on any atom is -0.443 e. The molecule has 1 saturated heterocycles. The smallest absolute Gasteiger partial charge is 0.231 e. The largest absolute Gasteiger partial charge is 0.443 e. The second-order valence-electron chi connectivity index (χ2n) is 7.56. The number of nitrogens with one attached hydrogen (secondary N) is 1. The van der Waals surface area contributed by atoms with Gasteiger partial charge in [-0.2, -0.15) is 0 Å². The van der Waals surface area contributed by atoms with Crippen LogP contribution in [0.4, 0.5) is 0 Å². The maximum atomic E-state index is 12.7. The summed E-state index contributed by atoms with van der Waals surface area (Å²) in [5, 5.41) is 8.62. The Morgan fingerprint density at radius 1 is 1.30 bits per heavy atom. The zero-order valence-corrected chi connectivity index (χ0v) is 16.2. The van der Waals surface area contributed by atoms with Crippen molar-refractivity contribution in [3.05, 3.63) is 23.5 Å². The van der Waals surface area contributed by atoms with Crippen LogP contribution in [-0.2, 0) is 9.53 Å². The molecule has 4 rings (SSSR count). The highest BCUT2D eigenvalue weighted by molar-refractivity contribution is 5.91. The molecular formula is C19H25N5O3. The number of hydrogen-bond donors (Lipinski definition) is 1. The third-order valence-corrected chi connectivity index (χ3v) is 5.36. The van der Waals surface area contributed by atoms with Crippen molar-refractivity contribution in [3.8, 4) is 0 Å². The summed E-state index contributed by atoms with van der Waals surface area (Å²) in [5.41, 5.74) is 2.27. The molecule has 1 fully saturated rings. The molecular weight excluding hydrogens is 346 g/mol. The van der Waals surface area contributed by atoms with Gasteiger partial charge in [0.15, 0.2) is 11.5 Å². The van der Waals surface area contributed by atoms with Gasteiger partial charge in [-0.05, 0) is 32.6 Å². The fourth-order valence-electron chi connectivity index (χ4n) is 3.55. The summed E-state index contributed by atoms with van der Waals surface area (Å²) in [7, 11) is 0. The summed E-state index contributed by atoms with van der Waals surface area (Å²) >= 11 is 0. The molecule has 0 spiro atoms. The monoisotopic (exact) mass is 371 g/mol. The Labute approximate surface area is 157 Å². The number of carbonyl (C=O) groups is 1. The zero-order chi connectivity index (χ0) is 19.1. The SMILES string of the molecule is Cc1oc2ncn3nc([C@H](NC(=O)C4CCOCC4)C(C)C)nc3c2c1C. The molecule has 1 atom stereocenters. The Hall–Kier alpha value is -2.48. The summed E-state index contributed by atoms with van der Waals surface area (Å²) in [6.07, 6.45) is 3.12. The van der Waals surface area contributed by atoms with Gasteiger partial charge in [0, 0.05) is 24.7 Å². The zero-order valence-electron chi connectivity index (χ0n) is 16.2. The Morgan fingerprint density at radius 2 is 2.04 bits per heavy atom. The van der Waals surface area contributed by atoms with Crippen molar-refractivity contribution in [2.45, 2.75) is 46.6 Å².